The lowest BCUT2D eigenvalue weighted by Crippen LogP contribution is -2.40. The molecule has 0 aliphatic heterocycles. The van der Waals surface area contributed by atoms with E-state index in [1.807, 2.05) is 0 Å². The molecule has 0 aliphatic carbocycles. The Balaban J connectivity index is 3.66. The molecular formula is C8H10O6S2. The highest BCUT2D eigenvalue weighted by atomic mass is 32.3. The molecule has 8 heteroatoms. The van der Waals surface area contributed by atoms with Gasteiger partial charge in [-0.25, -0.2) is 0 Å². The van der Waals surface area contributed by atoms with Crippen LogP contribution < -0.4 is 0 Å². The molecule has 0 heterocycles. The Hall–Kier alpha value is -0.960. The van der Waals surface area contributed by atoms with Crippen LogP contribution in [-0.2, 0) is 24.3 Å². The SMILES string of the molecule is CC(c1ccccc1)(S(=O)(=O)O)S(=O)(=O)O. The third kappa shape index (κ3) is 1.96. The van der Waals surface area contributed by atoms with E-state index in [1.54, 1.807) is 0 Å². The summed E-state index contributed by atoms with van der Waals surface area (Å²) in [7, 11) is -10.0. The van der Waals surface area contributed by atoms with Crippen LogP contribution >= 0.6 is 0 Å². The fourth-order valence-electron chi connectivity index (χ4n) is 1.17. The maximum atomic E-state index is 11.1. The summed E-state index contributed by atoms with van der Waals surface area (Å²) in [5.41, 5.74) is -0.236. The normalized spacial score (nSPS) is 13.7. The minimum absolute atomic E-state index is 0.236. The Labute approximate surface area is 93.4 Å². The molecule has 16 heavy (non-hydrogen) atoms. The number of benzene rings is 1. The molecule has 0 radical (unpaired) electrons. The van der Waals surface area contributed by atoms with Gasteiger partial charge in [-0.15, -0.1) is 0 Å². The molecule has 1 rings (SSSR count). The van der Waals surface area contributed by atoms with Crippen molar-refractivity contribution in [1.29, 1.82) is 0 Å². The molecule has 0 unspecified atom stereocenters. The molecule has 0 atom stereocenters. The maximum Gasteiger partial charge on any atom is 0.291 e. The van der Waals surface area contributed by atoms with Crippen LogP contribution in [0.4, 0.5) is 0 Å². The first-order valence-corrected chi connectivity index (χ1v) is 6.98. The van der Waals surface area contributed by atoms with E-state index in [0.29, 0.717) is 6.92 Å². The van der Waals surface area contributed by atoms with Crippen molar-refractivity contribution < 1.29 is 25.9 Å². The van der Waals surface area contributed by atoms with Crippen LogP contribution in [0, 0.1) is 0 Å². The fourth-order valence-corrected chi connectivity index (χ4v) is 3.10. The highest BCUT2D eigenvalue weighted by molar-refractivity contribution is 8.04. The number of hydrogen-bond acceptors (Lipinski definition) is 4. The third-order valence-corrected chi connectivity index (χ3v) is 5.99. The standard InChI is InChI=1S/C8H10O6S2/c1-8(15(9,10)11,16(12,13)14)7-5-3-2-4-6-7/h2-6H,1H3,(H,9,10,11)(H,12,13,14). The molecular weight excluding hydrogens is 256 g/mol. The quantitative estimate of drug-likeness (QED) is 0.777. The smallest absolute Gasteiger partial charge is 0.284 e. The maximum absolute atomic E-state index is 11.1. The summed E-state index contributed by atoms with van der Waals surface area (Å²) in [5.74, 6) is 0. The first-order valence-electron chi connectivity index (χ1n) is 4.10. The highest BCUT2D eigenvalue weighted by Crippen LogP contribution is 2.34. The summed E-state index contributed by atoms with van der Waals surface area (Å²) < 4.78 is 59.6. The molecule has 0 spiro atoms. The second-order valence-electron chi connectivity index (χ2n) is 3.26. The van der Waals surface area contributed by atoms with E-state index in [-0.39, 0.29) is 5.56 Å². The van der Waals surface area contributed by atoms with Crippen molar-refractivity contribution >= 4 is 20.2 Å². The van der Waals surface area contributed by atoms with Crippen molar-refractivity contribution in [3.05, 3.63) is 35.9 Å². The van der Waals surface area contributed by atoms with E-state index in [9.17, 15) is 16.8 Å². The average Bonchev–Trinajstić information content (AvgIpc) is 2.14. The van der Waals surface area contributed by atoms with Crippen LogP contribution in [0.3, 0.4) is 0 Å². The molecule has 2 N–H and O–H groups in total. The van der Waals surface area contributed by atoms with Gasteiger partial charge in [0.1, 0.15) is 0 Å². The van der Waals surface area contributed by atoms with Gasteiger partial charge in [-0.3, -0.25) is 9.11 Å². The van der Waals surface area contributed by atoms with Gasteiger partial charge in [0.25, 0.3) is 20.2 Å². The van der Waals surface area contributed by atoms with Gasteiger partial charge in [0.2, 0.25) is 4.08 Å². The predicted molar refractivity (Wildman–Crippen MR) is 56.9 cm³/mol. The largest absolute Gasteiger partial charge is 0.291 e. The van der Waals surface area contributed by atoms with Crippen LogP contribution in [0.25, 0.3) is 0 Å². The van der Waals surface area contributed by atoms with Crippen LogP contribution in [0.15, 0.2) is 30.3 Å². The summed E-state index contributed by atoms with van der Waals surface area (Å²) >= 11 is 0. The van der Waals surface area contributed by atoms with Gasteiger partial charge >= 0.3 is 0 Å². The Morgan fingerprint density at radius 1 is 0.938 bits per heavy atom. The van der Waals surface area contributed by atoms with E-state index in [2.05, 4.69) is 0 Å². The Bertz CT molecular complexity index is 540. The summed E-state index contributed by atoms with van der Waals surface area (Å²) in [6.07, 6.45) is 0. The predicted octanol–water partition coefficient (Wildman–Crippen LogP) is 0.635. The summed E-state index contributed by atoms with van der Waals surface area (Å²) in [4.78, 5) is 0. The van der Waals surface area contributed by atoms with E-state index in [1.165, 1.54) is 30.3 Å². The van der Waals surface area contributed by atoms with Gasteiger partial charge in [0.15, 0.2) is 0 Å². The van der Waals surface area contributed by atoms with Gasteiger partial charge in [-0.1, -0.05) is 30.3 Å². The topological polar surface area (TPSA) is 109 Å². The lowest BCUT2D eigenvalue weighted by Gasteiger charge is -2.22. The van der Waals surface area contributed by atoms with E-state index < -0.39 is 24.3 Å². The van der Waals surface area contributed by atoms with Crippen molar-refractivity contribution in [2.24, 2.45) is 0 Å². The van der Waals surface area contributed by atoms with Crippen molar-refractivity contribution in [3.63, 3.8) is 0 Å². The molecule has 0 saturated carbocycles. The first-order chi connectivity index (χ1) is 7.11. The molecule has 0 bridgehead atoms. The zero-order valence-electron chi connectivity index (χ0n) is 8.23. The molecule has 1 aromatic rings. The van der Waals surface area contributed by atoms with Crippen LogP contribution in [0.5, 0.6) is 0 Å². The Morgan fingerprint density at radius 2 is 1.31 bits per heavy atom. The number of hydrogen-bond donors (Lipinski definition) is 2. The Kier molecular flexibility index (Phi) is 3.12. The number of rotatable bonds is 3. The van der Waals surface area contributed by atoms with Gasteiger partial charge in [0.05, 0.1) is 0 Å². The van der Waals surface area contributed by atoms with Crippen molar-refractivity contribution in [1.82, 2.24) is 0 Å². The highest BCUT2D eigenvalue weighted by Gasteiger charge is 2.51. The van der Waals surface area contributed by atoms with Crippen molar-refractivity contribution in [3.8, 4) is 0 Å². The molecule has 0 aliphatic rings. The minimum atomic E-state index is -5.01. The lowest BCUT2D eigenvalue weighted by atomic mass is 10.2. The van der Waals surface area contributed by atoms with Gasteiger partial charge in [-0.2, -0.15) is 16.8 Å². The molecule has 0 amide bonds. The van der Waals surface area contributed by atoms with Crippen LogP contribution in [0.1, 0.15) is 12.5 Å². The molecule has 0 aromatic heterocycles. The minimum Gasteiger partial charge on any atom is -0.284 e. The molecule has 1 aromatic carbocycles. The van der Waals surface area contributed by atoms with E-state index in [4.69, 9.17) is 9.11 Å². The average molecular weight is 266 g/mol. The van der Waals surface area contributed by atoms with Gasteiger partial charge < -0.3 is 0 Å². The van der Waals surface area contributed by atoms with E-state index >= 15 is 0 Å². The van der Waals surface area contributed by atoms with Gasteiger partial charge in [0, 0.05) is 0 Å². The zero-order chi connectivity index (χ0) is 12.6. The summed E-state index contributed by atoms with van der Waals surface area (Å²) in [6.45, 7) is 0.715. The van der Waals surface area contributed by atoms with Crippen molar-refractivity contribution in [2.75, 3.05) is 0 Å². The van der Waals surface area contributed by atoms with Crippen LogP contribution in [0.2, 0.25) is 0 Å². The van der Waals surface area contributed by atoms with E-state index in [0.717, 1.165) is 0 Å². The summed E-state index contributed by atoms with van der Waals surface area (Å²) in [5, 5.41) is 0. The summed E-state index contributed by atoms with van der Waals surface area (Å²) in [6, 6.07) is 6.69. The lowest BCUT2D eigenvalue weighted by molar-refractivity contribution is 0.431. The van der Waals surface area contributed by atoms with Crippen LogP contribution in [-0.4, -0.2) is 25.9 Å². The Morgan fingerprint density at radius 3 is 1.62 bits per heavy atom. The van der Waals surface area contributed by atoms with Gasteiger partial charge in [-0.05, 0) is 12.5 Å². The fraction of sp³-hybridized carbons (Fsp3) is 0.250. The first kappa shape index (κ1) is 13.1. The second kappa shape index (κ2) is 3.81. The third-order valence-electron chi connectivity index (χ3n) is 2.28. The zero-order valence-corrected chi connectivity index (χ0v) is 9.86. The molecule has 0 fully saturated rings. The monoisotopic (exact) mass is 266 g/mol. The molecule has 0 saturated heterocycles. The molecule has 90 valence electrons. The second-order valence-corrected chi connectivity index (χ2v) is 7.05. The van der Waals surface area contributed by atoms with Crippen molar-refractivity contribution in [2.45, 2.75) is 11.0 Å². The molecule has 6 nitrogen and oxygen atoms in total.